The largest absolute Gasteiger partial charge is 0.454 e. The minimum absolute atomic E-state index is 0.0441. The Morgan fingerprint density at radius 1 is 1.00 bits per heavy atom. The first-order valence-corrected chi connectivity index (χ1v) is 22.3. The fourth-order valence-corrected chi connectivity index (χ4v) is 15.5. The van der Waals surface area contributed by atoms with Crippen molar-refractivity contribution in [2.24, 2.45) is 22.7 Å². The van der Waals surface area contributed by atoms with Gasteiger partial charge >= 0.3 is 5.97 Å². The summed E-state index contributed by atoms with van der Waals surface area (Å²) < 4.78 is 26.7. The van der Waals surface area contributed by atoms with Crippen molar-refractivity contribution in [2.45, 2.75) is 162 Å². The van der Waals surface area contributed by atoms with E-state index in [4.69, 9.17) is 18.3 Å². The standard InChI is InChI=1S/C34H60O7Si2/c1-12-42(13-2,14-3)40-26-20-33(22(7)8)25(23(26)9)18-27(36)32(11)28(41-43(15-4,16-5)17-6)19-29-34(21-38-29,39-24(10)35)30(32)31(33)37/h22,26,28-31,37H,12-21H2,1-11H3/t26-,28-,29+,30?,31-,32+,33-,34-/m0/s1. The van der Waals surface area contributed by atoms with Gasteiger partial charge in [-0.3, -0.25) is 9.59 Å². The molecule has 0 aromatic heterocycles. The third-order valence-electron chi connectivity index (χ3n) is 13.2. The molecule has 1 N–H and O–H groups in total. The zero-order valence-electron chi connectivity index (χ0n) is 28.9. The molecular formula is C34H60O7Si2. The number of carbonyl (C=O) groups excluding carboxylic acids is 2. The molecule has 3 fully saturated rings. The maximum absolute atomic E-state index is 15.0. The molecule has 3 aliphatic carbocycles. The van der Waals surface area contributed by atoms with Gasteiger partial charge in [0.25, 0.3) is 0 Å². The van der Waals surface area contributed by atoms with Crippen molar-refractivity contribution in [3.05, 3.63) is 11.1 Å². The third kappa shape index (κ3) is 5.11. The van der Waals surface area contributed by atoms with Gasteiger partial charge in [-0.1, -0.05) is 61.0 Å². The van der Waals surface area contributed by atoms with Crippen molar-refractivity contribution >= 4 is 28.4 Å². The van der Waals surface area contributed by atoms with Crippen molar-refractivity contribution in [3.63, 3.8) is 0 Å². The zero-order valence-corrected chi connectivity index (χ0v) is 30.9. The molecular weight excluding hydrogens is 577 g/mol. The first-order valence-electron chi connectivity index (χ1n) is 17.2. The predicted molar refractivity (Wildman–Crippen MR) is 175 cm³/mol. The lowest BCUT2D eigenvalue weighted by Gasteiger charge is -2.65. The first-order chi connectivity index (χ1) is 20.2. The molecule has 0 bridgehead atoms. The van der Waals surface area contributed by atoms with Gasteiger partial charge < -0.3 is 23.4 Å². The van der Waals surface area contributed by atoms with E-state index < -0.39 is 63.3 Å². The van der Waals surface area contributed by atoms with Gasteiger partial charge in [-0.2, -0.15) is 0 Å². The van der Waals surface area contributed by atoms with E-state index in [1.807, 2.05) is 6.92 Å². The predicted octanol–water partition coefficient (Wildman–Crippen LogP) is 7.19. The fourth-order valence-electron chi connectivity index (χ4n) is 9.67. The lowest BCUT2D eigenvalue weighted by Crippen LogP contribution is -2.78. The van der Waals surface area contributed by atoms with Crippen LogP contribution in [0.5, 0.6) is 0 Å². The molecule has 9 heteroatoms. The number of rotatable bonds is 12. The summed E-state index contributed by atoms with van der Waals surface area (Å²) in [6.45, 7) is 23.4. The molecule has 4 rings (SSSR count). The van der Waals surface area contributed by atoms with E-state index in [9.17, 15) is 14.7 Å². The Morgan fingerprint density at radius 3 is 1.98 bits per heavy atom. The van der Waals surface area contributed by atoms with Crippen LogP contribution in [-0.4, -0.2) is 70.1 Å². The molecule has 1 saturated heterocycles. The van der Waals surface area contributed by atoms with E-state index in [1.54, 1.807) is 0 Å². The van der Waals surface area contributed by atoms with Crippen LogP contribution in [0.3, 0.4) is 0 Å². The molecule has 1 heterocycles. The van der Waals surface area contributed by atoms with E-state index in [1.165, 1.54) is 6.92 Å². The summed E-state index contributed by atoms with van der Waals surface area (Å²) in [4.78, 5) is 27.7. The van der Waals surface area contributed by atoms with Gasteiger partial charge in [-0.15, -0.1) is 0 Å². The number of aliphatic hydroxyl groups excluding tert-OH is 1. The van der Waals surface area contributed by atoms with Crippen LogP contribution in [0.25, 0.3) is 0 Å². The summed E-state index contributed by atoms with van der Waals surface area (Å²) in [6, 6.07) is 6.02. The quantitative estimate of drug-likeness (QED) is 0.138. The van der Waals surface area contributed by atoms with Gasteiger partial charge in [0.05, 0.1) is 30.3 Å². The lowest BCUT2D eigenvalue weighted by atomic mass is 9.50. The highest BCUT2D eigenvalue weighted by Gasteiger charge is 2.76. The Morgan fingerprint density at radius 2 is 1.53 bits per heavy atom. The van der Waals surface area contributed by atoms with E-state index in [2.05, 4.69) is 62.3 Å². The second-order valence-corrected chi connectivity index (χ2v) is 24.1. The number of aliphatic hydroxyl groups is 1. The molecule has 0 spiro atoms. The normalized spacial score (nSPS) is 37.9. The minimum Gasteiger partial charge on any atom is -0.454 e. The van der Waals surface area contributed by atoms with Gasteiger partial charge in [0.15, 0.2) is 22.2 Å². The molecule has 0 aromatic carbocycles. The van der Waals surface area contributed by atoms with Gasteiger partial charge in [0.1, 0.15) is 11.9 Å². The number of hydrogen-bond donors (Lipinski definition) is 1. The monoisotopic (exact) mass is 636 g/mol. The van der Waals surface area contributed by atoms with Crippen LogP contribution in [0.4, 0.5) is 0 Å². The molecule has 1 unspecified atom stereocenters. The highest BCUT2D eigenvalue weighted by atomic mass is 28.4. The molecule has 8 atom stereocenters. The van der Waals surface area contributed by atoms with Crippen LogP contribution in [0.15, 0.2) is 11.1 Å². The summed E-state index contributed by atoms with van der Waals surface area (Å²) in [5, 5.41) is 13.0. The molecule has 1 aliphatic heterocycles. The Balaban J connectivity index is 1.93. The van der Waals surface area contributed by atoms with Crippen molar-refractivity contribution in [3.8, 4) is 0 Å². The number of ether oxygens (including phenoxy) is 2. The van der Waals surface area contributed by atoms with E-state index in [-0.39, 0.29) is 30.8 Å². The summed E-state index contributed by atoms with van der Waals surface area (Å²) in [6.07, 6.45) is -0.463. The highest BCUT2D eigenvalue weighted by molar-refractivity contribution is 6.74. The number of fused-ring (bicyclic) bond motifs is 4. The number of hydrogen-bond acceptors (Lipinski definition) is 7. The van der Waals surface area contributed by atoms with E-state index in [0.29, 0.717) is 12.8 Å². The first kappa shape index (κ1) is 35.0. The Labute approximate surface area is 263 Å². The van der Waals surface area contributed by atoms with E-state index >= 15 is 0 Å². The van der Waals surface area contributed by atoms with E-state index in [0.717, 1.165) is 47.4 Å². The van der Waals surface area contributed by atoms with Crippen LogP contribution in [0, 0.1) is 22.7 Å². The SMILES string of the molecule is CC[Si](CC)(CC)O[C@H]1C[C@]2(C(C)C)C(=C1C)CC(=O)[C@@]1(C)C([C@@H]2O)[C@]2(OC(C)=O)CO[C@@H]2C[C@@H]1O[Si](CC)(CC)CC. The molecule has 246 valence electrons. The summed E-state index contributed by atoms with van der Waals surface area (Å²) >= 11 is 0. The number of esters is 1. The van der Waals surface area contributed by atoms with Gasteiger partial charge in [0.2, 0.25) is 0 Å². The molecule has 0 amide bonds. The molecule has 2 saturated carbocycles. The molecule has 7 nitrogen and oxygen atoms in total. The summed E-state index contributed by atoms with van der Waals surface area (Å²) in [5.74, 6) is -0.918. The maximum Gasteiger partial charge on any atom is 0.303 e. The van der Waals surface area contributed by atoms with Crippen LogP contribution >= 0.6 is 0 Å². The highest BCUT2D eigenvalue weighted by Crippen LogP contribution is 2.66. The molecule has 0 radical (unpaired) electrons. The van der Waals surface area contributed by atoms with Crippen molar-refractivity contribution in [2.75, 3.05) is 6.61 Å². The lowest BCUT2D eigenvalue weighted by molar-refractivity contribution is -0.333. The molecule has 4 aliphatic rings. The third-order valence-corrected chi connectivity index (χ3v) is 22.5. The van der Waals surface area contributed by atoms with Crippen molar-refractivity contribution in [1.82, 2.24) is 0 Å². The van der Waals surface area contributed by atoms with Gasteiger partial charge in [-0.25, -0.2) is 0 Å². The Bertz CT molecular complexity index is 1080. The second kappa shape index (κ2) is 12.4. The molecule has 43 heavy (non-hydrogen) atoms. The van der Waals surface area contributed by atoms with Crippen LogP contribution in [0.1, 0.15) is 95.4 Å². The summed E-state index contributed by atoms with van der Waals surface area (Å²) in [5.41, 5.74) is -0.603. The summed E-state index contributed by atoms with van der Waals surface area (Å²) in [7, 11) is -4.10. The average molecular weight is 637 g/mol. The number of carbonyl (C=O) groups is 2. The Kier molecular flexibility index (Phi) is 10.1. The topological polar surface area (TPSA) is 91.3 Å². The van der Waals surface area contributed by atoms with Gasteiger partial charge in [-0.05, 0) is 68.0 Å². The van der Waals surface area contributed by atoms with Crippen molar-refractivity contribution in [1.29, 1.82) is 0 Å². The Hall–Kier alpha value is -0.846. The zero-order chi connectivity index (χ0) is 32.2. The number of ketones is 1. The average Bonchev–Trinajstić information content (AvgIpc) is 3.21. The maximum atomic E-state index is 15.0. The van der Waals surface area contributed by atoms with Gasteiger partial charge in [0, 0.05) is 31.1 Å². The number of Topliss-reactive ketones (excluding diaryl/α,β-unsaturated/α-hetero) is 1. The minimum atomic E-state index is -2.14. The smallest absolute Gasteiger partial charge is 0.303 e. The van der Waals surface area contributed by atoms with Crippen LogP contribution in [0.2, 0.25) is 36.3 Å². The molecule has 0 aromatic rings. The second-order valence-electron chi connectivity index (χ2n) is 14.7. The fraction of sp³-hybridized carbons (Fsp3) is 0.882. The van der Waals surface area contributed by atoms with Crippen LogP contribution < -0.4 is 0 Å². The van der Waals surface area contributed by atoms with Crippen molar-refractivity contribution < 1.29 is 33.0 Å². The van der Waals surface area contributed by atoms with Crippen LogP contribution in [-0.2, 0) is 27.9 Å².